The molecule has 2 N–H and O–H groups in total. The van der Waals surface area contributed by atoms with Gasteiger partial charge < -0.3 is 10.4 Å². The van der Waals surface area contributed by atoms with Crippen LogP contribution in [0.4, 0.5) is 10.2 Å². The SMILES string of the molecule is O=C(Nc1ncc(Br)nc1O)c1cccc(F)c1. The third-order valence-corrected chi connectivity index (χ3v) is 2.43. The number of hydrogen-bond donors (Lipinski definition) is 2. The van der Waals surface area contributed by atoms with E-state index in [1.807, 2.05) is 0 Å². The number of benzene rings is 1. The van der Waals surface area contributed by atoms with Crippen molar-refractivity contribution in [2.45, 2.75) is 0 Å². The quantitative estimate of drug-likeness (QED) is 0.892. The largest absolute Gasteiger partial charge is 0.491 e. The predicted octanol–water partition coefficient (Wildman–Crippen LogP) is 2.34. The molecule has 2 aromatic rings. The number of hydrogen-bond acceptors (Lipinski definition) is 4. The summed E-state index contributed by atoms with van der Waals surface area (Å²) in [5, 5.41) is 11.8. The molecule has 2 rings (SSSR count). The molecule has 18 heavy (non-hydrogen) atoms. The lowest BCUT2D eigenvalue weighted by Crippen LogP contribution is -2.13. The van der Waals surface area contributed by atoms with Crippen LogP contribution in [-0.2, 0) is 0 Å². The van der Waals surface area contributed by atoms with Crippen LogP contribution in [0.3, 0.4) is 0 Å². The third-order valence-electron chi connectivity index (χ3n) is 2.04. The second kappa shape index (κ2) is 5.09. The van der Waals surface area contributed by atoms with Crippen LogP contribution < -0.4 is 5.32 Å². The van der Waals surface area contributed by atoms with Gasteiger partial charge in [-0.1, -0.05) is 6.07 Å². The van der Waals surface area contributed by atoms with Gasteiger partial charge in [0.05, 0.1) is 6.20 Å². The molecule has 0 unspecified atom stereocenters. The first-order valence-electron chi connectivity index (χ1n) is 4.84. The molecule has 0 spiro atoms. The molecule has 0 saturated carbocycles. The number of aromatic nitrogens is 2. The van der Waals surface area contributed by atoms with Crippen LogP contribution >= 0.6 is 15.9 Å². The van der Waals surface area contributed by atoms with Crippen LogP contribution in [0.25, 0.3) is 0 Å². The molecule has 92 valence electrons. The zero-order valence-electron chi connectivity index (χ0n) is 8.89. The summed E-state index contributed by atoms with van der Waals surface area (Å²) >= 11 is 3.02. The van der Waals surface area contributed by atoms with E-state index < -0.39 is 17.6 Å². The molecule has 0 bridgehead atoms. The Morgan fingerprint density at radius 1 is 1.44 bits per heavy atom. The van der Waals surface area contributed by atoms with Crippen molar-refractivity contribution >= 4 is 27.7 Å². The number of anilines is 1. The van der Waals surface area contributed by atoms with Crippen LogP contribution in [0, 0.1) is 5.82 Å². The Kier molecular flexibility index (Phi) is 3.52. The van der Waals surface area contributed by atoms with Crippen LogP contribution in [0.1, 0.15) is 10.4 Å². The van der Waals surface area contributed by atoms with E-state index in [9.17, 15) is 14.3 Å². The highest BCUT2D eigenvalue weighted by Crippen LogP contribution is 2.20. The van der Waals surface area contributed by atoms with E-state index in [0.29, 0.717) is 4.60 Å². The molecule has 5 nitrogen and oxygen atoms in total. The molecule has 0 atom stereocenters. The molecule has 0 aliphatic rings. The van der Waals surface area contributed by atoms with Crippen LogP contribution in [-0.4, -0.2) is 21.0 Å². The monoisotopic (exact) mass is 311 g/mol. The first kappa shape index (κ1) is 12.4. The van der Waals surface area contributed by atoms with Crippen LogP contribution in [0.2, 0.25) is 0 Å². The molecule has 0 saturated heterocycles. The first-order valence-corrected chi connectivity index (χ1v) is 5.64. The zero-order chi connectivity index (χ0) is 13.1. The average Bonchev–Trinajstić information content (AvgIpc) is 2.32. The van der Waals surface area contributed by atoms with Gasteiger partial charge in [0, 0.05) is 5.56 Å². The summed E-state index contributed by atoms with van der Waals surface area (Å²) < 4.78 is 13.3. The van der Waals surface area contributed by atoms with Crippen molar-refractivity contribution in [2.75, 3.05) is 5.32 Å². The first-order chi connectivity index (χ1) is 8.56. The standard InChI is InChI=1S/C11H7BrFN3O2/c12-8-5-14-9(11(18)15-8)16-10(17)6-2-1-3-7(13)4-6/h1-5H,(H,15,18)(H,14,16,17). The smallest absolute Gasteiger partial charge is 0.257 e. The summed E-state index contributed by atoms with van der Waals surface area (Å²) in [5.41, 5.74) is 0.124. The van der Waals surface area contributed by atoms with Gasteiger partial charge in [-0.3, -0.25) is 4.79 Å². The van der Waals surface area contributed by atoms with Crippen molar-refractivity contribution in [1.82, 2.24) is 9.97 Å². The minimum Gasteiger partial charge on any atom is -0.491 e. The summed E-state index contributed by atoms with van der Waals surface area (Å²) in [7, 11) is 0. The number of halogens is 2. The number of nitrogens with zero attached hydrogens (tertiary/aromatic N) is 2. The normalized spacial score (nSPS) is 10.1. The summed E-state index contributed by atoms with van der Waals surface area (Å²) in [6.45, 7) is 0. The van der Waals surface area contributed by atoms with Crippen molar-refractivity contribution in [2.24, 2.45) is 0 Å². The number of aromatic hydroxyl groups is 1. The number of amides is 1. The van der Waals surface area contributed by atoms with Gasteiger partial charge in [0.1, 0.15) is 10.4 Å². The maximum Gasteiger partial charge on any atom is 0.257 e. The topological polar surface area (TPSA) is 75.1 Å². The van der Waals surface area contributed by atoms with Gasteiger partial charge in [-0.15, -0.1) is 0 Å². The lowest BCUT2D eigenvalue weighted by atomic mass is 10.2. The lowest BCUT2D eigenvalue weighted by molar-refractivity contribution is 0.102. The van der Waals surface area contributed by atoms with Crippen molar-refractivity contribution < 1.29 is 14.3 Å². The Balaban J connectivity index is 2.21. The van der Waals surface area contributed by atoms with Crippen molar-refractivity contribution in [3.8, 4) is 5.88 Å². The van der Waals surface area contributed by atoms with E-state index in [1.165, 1.54) is 24.4 Å². The second-order valence-electron chi connectivity index (χ2n) is 3.33. The van der Waals surface area contributed by atoms with E-state index in [4.69, 9.17) is 0 Å². The summed E-state index contributed by atoms with van der Waals surface area (Å²) in [6, 6.07) is 5.17. The Hall–Kier alpha value is -2.02. The maximum absolute atomic E-state index is 12.9. The van der Waals surface area contributed by atoms with Crippen molar-refractivity contribution in [3.63, 3.8) is 0 Å². The highest BCUT2D eigenvalue weighted by molar-refractivity contribution is 9.10. The highest BCUT2D eigenvalue weighted by Gasteiger charge is 2.11. The Morgan fingerprint density at radius 3 is 2.89 bits per heavy atom. The molecule has 1 amide bonds. The summed E-state index contributed by atoms with van der Waals surface area (Å²) in [5.74, 6) is -1.61. The van der Waals surface area contributed by atoms with E-state index in [1.54, 1.807) is 0 Å². The lowest BCUT2D eigenvalue weighted by Gasteiger charge is -2.05. The molecule has 0 aliphatic carbocycles. The van der Waals surface area contributed by atoms with E-state index in [2.05, 4.69) is 31.2 Å². The summed E-state index contributed by atoms with van der Waals surface area (Å²) in [6.07, 6.45) is 1.32. The van der Waals surface area contributed by atoms with Crippen LogP contribution in [0.5, 0.6) is 5.88 Å². The van der Waals surface area contributed by atoms with E-state index in [-0.39, 0.29) is 11.4 Å². The molecule has 1 aromatic carbocycles. The third kappa shape index (κ3) is 2.80. The molecule has 0 aliphatic heterocycles. The molecule has 0 fully saturated rings. The minimum absolute atomic E-state index is 0.0903. The van der Waals surface area contributed by atoms with Gasteiger partial charge in [-0.05, 0) is 34.1 Å². The number of carbonyl (C=O) groups excluding carboxylic acids is 1. The molecular weight excluding hydrogens is 305 g/mol. The van der Waals surface area contributed by atoms with Gasteiger partial charge >= 0.3 is 0 Å². The second-order valence-corrected chi connectivity index (χ2v) is 4.14. The Bertz CT molecular complexity index is 607. The highest BCUT2D eigenvalue weighted by atomic mass is 79.9. The fraction of sp³-hybridized carbons (Fsp3) is 0. The molecule has 1 heterocycles. The van der Waals surface area contributed by atoms with E-state index in [0.717, 1.165) is 6.07 Å². The molecular formula is C11H7BrFN3O2. The maximum atomic E-state index is 12.9. The summed E-state index contributed by atoms with van der Waals surface area (Å²) in [4.78, 5) is 19.2. The van der Waals surface area contributed by atoms with E-state index >= 15 is 0 Å². The molecule has 1 aromatic heterocycles. The number of carbonyl (C=O) groups is 1. The molecule has 0 radical (unpaired) electrons. The van der Waals surface area contributed by atoms with Gasteiger partial charge in [0.25, 0.3) is 11.8 Å². The minimum atomic E-state index is -0.582. The number of nitrogens with one attached hydrogen (secondary N) is 1. The van der Waals surface area contributed by atoms with Gasteiger partial charge in [0.15, 0.2) is 5.82 Å². The Labute approximate surface area is 110 Å². The fourth-order valence-corrected chi connectivity index (χ4v) is 1.53. The van der Waals surface area contributed by atoms with Gasteiger partial charge in [-0.2, -0.15) is 0 Å². The number of rotatable bonds is 2. The van der Waals surface area contributed by atoms with Crippen LogP contribution in [0.15, 0.2) is 35.1 Å². The zero-order valence-corrected chi connectivity index (χ0v) is 10.5. The fourth-order valence-electron chi connectivity index (χ4n) is 1.26. The van der Waals surface area contributed by atoms with Crippen molar-refractivity contribution in [3.05, 3.63) is 46.4 Å². The predicted molar refractivity (Wildman–Crippen MR) is 65.8 cm³/mol. The van der Waals surface area contributed by atoms with Gasteiger partial charge in [0.2, 0.25) is 0 Å². The van der Waals surface area contributed by atoms with Crippen molar-refractivity contribution in [1.29, 1.82) is 0 Å². The Morgan fingerprint density at radius 2 is 2.22 bits per heavy atom. The molecule has 7 heteroatoms. The average molecular weight is 312 g/mol. The van der Waals surface area contributed by atoms with Gasteiger partial charge in [-0.25, -0.2) is 14.4 Å².